The molecule has 3 rings (SSSR count). The Morgan fingerprint density at radius 2 is 2.25 bits per heavy atom. The van der Waals surface area contributed by atoms with Crippen LogP contribution in [0.5, 0.6) is 5.75 Å². The number of carbonyl (C=O) groups excluding carboxylic acids is 1. The third-order valence-corrected chi connectivity index (χ3v) is 3.09. The summed E-state index contributed by atoms with van der Waals surface area (Å²) >= 11 is 0. The van der Waals surface area contributed by atoms with Gasteiger partial charge < -0.3 is 15.0 Å². The number of nitrogens with zero attached hydrogens (tertiary/aromatic N) is 1. The molecular weight excluding hydrogens is 204 g/mol. The minimum Gasteiger partial charge on any atom is -0.497 e. The van der Waals surface area contributed by atoms with Crippen molar-refractivity contribution in [3.05, 3.63) is 18.2 Å². The first-order valence-electron chi connectivity index (χ1n) is 5.52. The van der Waals surface area contributed by atoms with Crippen LogP contribution in [0.15, 0.2) is 18.2 Å². The maximum Gasteiger partial charge on any atom is 0.243 e. The highest BCUT2D eigenvalue weighted by Crippen LogP contribution is 2.39. The Balaban J connectivity index is 2.01. The van der Waals surface area contributed by atoms with Crippen molar-refractivity contribution in [1.82, 2.24) is 0 Å². The third-order valence-electron chi connectivity index (χ3n) is 3.09. The lowest BCUT2D eigenvalue weighted by molar-refractivity contribution is -0.115. The van der Waals surface area contributed by atoms with Crippen molar-refractivity contribution in [1.29, 1.82) is 0 Å². The summed E-state index contributed by atoms with van der Waals surface area (Å²) in [7, 11) is 1.63. The van der Waals surface area contributed by atoms with E-state index >= 15 is 0 Å². The molecule has 16 heavy (non-hydrogen) atoms. The van der Waals surface area contributed by atoms with Gasteiger partial charge in [0.05, 0.1) is 25.0 Å². The Bertz CT molecular complexity index is 441. The lowest BCUT2D eigenvalue weighted by Crippen LogP contribution is -2.39. The summed E-state index contributed by atoms with van der Waals surface area (Å²) in [5.41, 5.74) is 1.98. The molecule has 0 aromatic heterocycles. The van der Waals surface area contributed by atoms with E-state index < -0.39 is 0 Å². The van der Waals surface area contributed by atoms with Crippen LogP contribution >= 0.6 is 0 Å². The SMILES string of the molecule is COc1ccc2c(c1)NC(=O)CN2C1CC1. The Kier molecular flexibility index (Phi) is 2.02. The highest BCUT2D eigenvalue weighted by Gasteiger charge is 2.34. The van der Waals surface area contributed by atoms with Crippen molar-refractivity contribution >= 4 is 17.3 Å². The van der Waals surface area contributed by atoms with Crippen molar-refractivity contribution < 1.29 is 9.53 Å². The highest BCUT2D eigenvalue weighted by molar-refractivity contribution is 6.01. The molecular formula is C12H14N2O2. The Hall–Kier alpha value is -1.71. The van der Waals surface area contributed by atoms with Crippen LogP contribution in [0, 0.1) is 0 Å². The molecule has 4 heteroatoms. The molecule has 1 N–H and O–H groups in total. The van der Waals surface area contributed by atoms with E-state index in [0.717, 1.165) is 17.1 Å². The number of ether oxygens (including phenoxy) is 1. The fourth-order valence-corrected chi connectivity index (χ4v) is 2.13. The molecule has 1 aromatic rings. The fourth-order valence-electron chi connectivity index (χ4n) is 2.13. The molecule has 0 bridgehead atoms. The number of methoxy groups -OCH3 is 1. The molecule has 1 aromatic carbocycles. The van der Waals surface area contributed by atoms with Gasteiger partial charge in [-0.1, -0.05) is 0 Å². The van der Waals surface area contributed by atoms with Crippen LogP contribution in [0.1, 0.15) is 12.8 Å². The van der Waals surface area contributed by atoms with E-state index in [2.05, 4.69) is 10.2 Å². The molecule has 1 amide bonds. The minimum atomic E-state index is 0.0626. The Morgan fingerprint density at radius 3 is 2.94 bits per heavy atom. The van der Waals surface area contributed by atoms with Crippen molar-refractivity contribution in [2.75, 3.05) is 23.9 Å². The van der Waals surface area contributed by atoms with Crippen molar-refractivity contribution in [3.63, 3.8) is 0 Å². The molecule has 0 atom stereocenters. The van der Waals surface area contributed by atoms with Crippen LogP contribution in [0.3, 0.4) is 0 Å². The summed E-state index contributed by atoms with van der Waals surface area (Å²) in [5.74, 6) is 0.837. The molecule has 1 saturated carbocycles. The Morgan fingerprint density at radius 1 is 1.44 bits per heavy atom. The highest BCUT2D eigenvalue weighted by atomic mass is 16.5. The zero-order chi connectivity index (χ0) is 11.1. The summed E-state index contributed by atoms with van der Waals surface area (Å²) in [5, 5.41) is 2.89. The largest absolute Gasteiger partial charge is 0.497 e. The maximum atomic E-state index is 11.6. The second-order valence-electron chi connectivity index (χ2n) is 4.29. The van der Waals surface area contributed by atoms with E-state index in [9.17, 15) is 4.79 Å². The second-order valence-corrected chi connectivity index (χ2v) is 4.29. The first-order valence-corrected chi connectivity index (χ1v) is 5.52. The first-order chi connectivity index (χ1) is 7.78. The van der Waals surface area contributed by atoms with Crippen LogP contribution in [0.2, 0.25) is 0 Å². The molecule has 0 spiro atoms. The second kappa shape index (κ2) is 3.40. The van der Waals surface area contributed by atoms with Crippen LogP contribution in [0.25, 0.3) is 0 Å². The van der Waals surface area contributed by atoms with Gasteiger partial charge in [-0.2, -0.15) is 0 Å². The van der Waals surface area contributed by atoms with Gasteiger partial charge in [-0.25, -0.2) is 0 Å². The average molecular weight is 218 g/mol. The van der Waals surface area contributed by atoms with E-state index in [1.54, 1.807) is 7.11 Å². The number of carbonyl (C=O) groups is 1. The van der Waals surface area contributed by atoms with Gasteiger partial charge in [0, 0.05) is 12.1 Å². The van der Waals surface area contributed by atoms with Gasteiger partial charge in [-0.05, 0) is 25.0 Å². The predicted octanol–water partition coefficient (Wildman–Crippen LogP) is 1.62. The normalized spacial score (nSPS) is 19.1. The standard InChI is InChI=1S/C12H14N2O2/c1-16-9-4-5-11-10(6-9)13-12(15)7-14(11)8-2-3-8/h4-6,8H,2-3,7H2,1H3,(H,13,15). The zero-order valence-electron chi connectivity index (χ0n) is 9.19. The molecule has 0 unspecified atom stereocenters. The van der Waals surface area contributed by atoms with E-state index in [0.29, 0.717) is 12.6 Å². The number of amides is 1. The molecule has 2 aliphatic rings. The topological polar surface area (TPSA) is 41.6 Å². The van der Waals surface area contributed by atoms with E-state index in [1.165, 1.54) is 12.8 Å². The number of rotatable bonds is 2. The molecule has 84 valence electrons. The van der Waals surface area contributed by atoms with Gasteiger partial charge in [0.1, 0.15) is 5.75 Å². The number of fused-ring (bicyclic) bond motifs is 1. The number of benzene rings is 1. The quantitative estimate of drug-likeness (QED) is 0.820. The first kappa shape index (κ1) is 9.51. The summed E-state index contributed by atoms with van der Waals surface area (Å²) in [6.45, 7) is 0.476. The molecule has 1 aliphatic carbocycles. The van der Waals surface area contributed by atoms with Crippen molar-refractivity contribution in [2.45, 2.75) is 18.9 Å². The van der Waals surface area contributed by atoms with Gasteiger partial charge in [0.15, 0.2) is 0 Å². The van der Waals surface area contributed by atoms with Crippen LogP contribution in [-0.2, 0) is 4.79 Å². The molecule has 1 fully saturated rings. The van der Waals surface area contributed by atoms with Crippen LogP contribution in [0.4, 0.5) is 11.4 Å². The van der Waals surface area contributed by atoms with Gasteiger partial charge in [0.2, 0.25) is 5.91 Å². The summed E-state index contributed by atoms with van der Waals surface area (Å²) in [6.07, 6.45) is 2.39. The van der Waals surface area contributed by atoms with Crippen molar-refractivity contribution in [3.8, 4) is 5.75 Å². The predicted molar refractivity (Wildman–Crippen MR) is 62.0 cm³/mol. The molecule has 0 radical (unpaired) electrons. The van der Waals surface area contributed by atoms with Gasteiger partial charge >= 0.3 is 0 Å². The number of hydrogen-bond donors (Lipinski definition) is 1. The molecule has 1 heterocycles. The molecule has 4 nitrogen and oxygen atoms in total. The lowest BCUT2D eigenvalue weighted by atomic mass is 10.2. The van der Waals surface area contributed by atoms with E-state index in [1.807, 2.05) is 18.2 Å². The van der Waals surface area contributed by atoms with E-state index in [4.69, 9.17) is 4.74 Å². The molecule has 0 saturated heterocycles. The lowest BCUT2D eigenvalue weighted by Gasteiger charge is -2.31. The van der Waals surface area contributed by atoms with Crippen molar-refractivity contribution in [2.24, 2.45) is 0 Å². The maximum absolute atomic E-state index is 11.6. The van der Waals surface area contributed by atoms with Crippen LogP contribution < -0.4 is 15.0 Å². The monoisotopic (exact) mass is 218 g/mol. The fraction of sp³-hybridized carbons (Fsp3) is 0.417. The van der Waals surface area contributed by atoms with Crippen LogP contribution in [-0.4, -0.2) is 25.6 Å². The summed E-state index contributed by atoms with van der Waals surface area (Å²) in [4.78, 5) is 13.8. The number of nitrogens with one attached hydrogen (secondary N) is 1. The number of anilines is 2. The summed E-state index contributed by atoms with van der Waals surface area (Å²) < 4.78 is 5.16. The minimum absolute atomic E-state index is 0.0626. The zero-order valence-corrected chi connectivity index (χ0v) is 9.19. The molecule has 1 aliphatic heterocycles. The van der Waals surface area contributed by atoms with Gasteiger partial charge in [-0.15, -0.1) is 0 Å². The van der Waals surface area contributed by atoms with Gasteiger partial charge in [0.25, 0.3) is 0 Å². The Labute approximate surface area is 94.2 Å². The third kappa shape index (κ3) is 1.50. The average Bonchev–Trinajstić information content (AvgIpc) is 3.10. The smallest absolute Gasteiger partial charge is 0.243 e. The van der Waals surface area contributed by atoms with E-state index in [-0.39, 0.29) is 5.91 Å². The van der Waals surface area contributed by atoms with Gasteiger partial charge in [-0.3, -0.25) is 4.79 Å². The number of hydrogen-bond acceptors (Lipinski definition) is 3. The summed E-state index contributed by atoms with van der Waals surface area (Å²) in [6, 6.07) is 6.39.